The monoisotopic (exact) mass is 258 g/mol. The van der Waals surface area contributed by atoms with Gasteiger partial charge < -0.3 is 10.6 Å². The van der Waals surface area contributed by atoms with Crippen LogP contribution in [0.3, 0.4) is 0 Å². The van der Waals surface area contributed by atoms with Crippen LogP contribution in [-0.2, 0) is 0 Å². The number of halogens is 1. The Hall–Kier alpha value is -0.580. The van der Waals surface area contributed by atoms with Crippen LogP contribution in [0.15, 0.2) is 12.1 Å². The van der Waals surface area contributed by atoms with E-state index in [1.165, 1.54) is 11.3 Å². The van der Waals surface area contributed by atoms with E-state index in [0.717, 1.165) is 19.4 Å². The average Bonchev–Trinajstić information content (AvgIpc) is 2.85. The Morgan fingerprint density at radius 3 is 3.00 bits per heavy atom. The van der Waals surface area contributed by atoms with Crippen LogP contribution in [0.25, 0.3) is 0 Å². The van der Waals surface area contributed by atoms with Gasteiger partial charge in [-0.25, -0.2) is 0 Å². The van der Waals surface area contributed by atoms with Gasteiger partial charge in [-0.3, -0.25) is 4.79 Å². The smallest absolute Gasteiger partial charge is 0.264 e. The van der Waals surface area contributed by atoms with E-state index in [-0.39, 0.29) is 11.4 Å². The number of nitrogens with zero attached hydrogens (tertiary/aromatic N) is 1. The van der Waals surface area contributed by atoms with Crippen molar-refractivity contribution in [2.45, 2.75) is 25.3 Å². The molecular formula is C11H15ClN2OS. The van der Waals surface area contributed by atoms with Crippen molar-refractivity contribution in [2.75, 3.05) is 13.1 Å². The lowest BCUT2D eigenvalue weighted by atomic mass is 9.99. The standard InChI is InChI=1S/C11H15ClN2OS/c1-11(7-13)5-2-6-14(11)10(15)8-3-4-9(12)16-8/h3-4H,2,5-7,13H2,1H3. The first-order chi connectivity index (χ1) is 7.57. The van der Waals surface area contributed by atoms with E-state index in [2.05, 4.69) is 0 Å². The zero-order valence-electron chi connectivity index (χ0n) is 9.20. The minimum atomic E-state index is -0.187. The number of nitrogens with two attached hydrogens (primary N) is 1. The van der Waals surface area contributed by atoms with Crippen molar-refractivity contribution in [1.82, 2.24) is 4.90 Å². The van der Waals surface area contributed by atoms with Crippen molar-refractivity contribution >= 4 is 28.8 Å². The number of carbonyl (C=O) groups is 1. The predicted octanol–water partition coefficient (Wildman–Crippen LogP) is 2.35. The first-order valence-corrected chi connectivity index (χ1v) is 6.54. The van der Waals surface area contributed by atoms with Crippen LogP contribution in [0.2, 0.25) is 4.34 Å². The molecule has 1 unspecified atom stereocenters. The molecule has 1 aliphatic rings. The van der Waals surface area contributed by atoms with Gasteiger partial charge >= 0.3 is 0 Å². The van der Waals surface area contributed by atoms with E-state index in [1.54, 1.807) is 12.1 Å². The SMILES string of the molecule is CC1(CN)CCCN1C(=O)c1ccc(Cl)s1. The summed E-state index contributed by atoms with van der Waals surface area (Å²) in [4.78, 5) is 14.8. The highest BCUT2D eigenvalue weighted by atomic mass is 35.5. The second kappa shape index (κ2) is 4.35. The van der Waals surface area contributed by atoms with Crippen LogP contribution in [-0.4, -0.2) is 29.4 Å². The molecule has 2 rings (SSSR count). The van der Waals surface area contributed by atoms with Crippen LogP contribution in [0, 0.1) is 0 Å². The van der Waals surface area contributed by atoms with Gasteiger partial charge in [-0.15, -0.1) is 11.3 Å². The van der Waals surface area contributed by atoms with Crippen molar-refractivity contribution in [2.24, 2.45) is 5.73 Å². The maximum absolute atomic E-state index is 12.3. The van der Waals surface area contributed by atoms with Gasteiger partial charge in [-0.1, -0.05) is 11.6 Å². The Bertz CT molecular complexity index is 406. The molecule has 88 valence electrons. The lowest BCUT2D eigenvalue weighted by Gasteiger charge is -2.33. The molecule has 2 N–H and O–H groups in total. The summed E-state index contributed by atoms with van der Waals surface area (Å²) < 4.78 is 0.650. The molecule has 1 saturated heterocycles. The number of likely N-dealkylation sites (tertiary alicyclic amines) is 1. The molecule has 2 heterocycles. The van der Waals surface area contributed by atoms with Crippen LogP contribution in [0.5, 0.6) is 0 Å². The maximum Gasteiger partial charge on any atom is 0.264 e. The van der Waals surface area contributed by atoms with E-state index < -0.39 is 0 Å². The Kier molecular flexibility index (Phi) is 3.24. The van der Waals surface area contributed by atoms with Crippen LogP contribution >= 0.6 is 22.9 Å². The first-order valence-electron chi connectivity index (χ1n) is 5.34. The highest BCUT2D eigenvalue weighted by Crippen LogP contribution is 2.31. The zero-order chi connectivity index (χ0) is 11.8. The summed E-state index contributed by atoms with van der Waals surface area (Å²) in [7, 11) is 0. The van der Waals surface area contributed by atoms with Crippen molar-refractivity contribution in [3.8, 4) is 0 Å². The summed E-state index contributed by atoms with van der Waals surface area (Å²) in [5.41, 5.74) is 5.58. The normalized spacial score (nSPS) is 25.1. The van der Waals surface area contributed by atoms with Crippen molar-refractivity contribution in [3.05, 3.63) is 21.3 Å². The summed E-state index contributed by atoms with van der Waals surface area (Å²) in [5.74, 6) is 0.0577. The molecule has 1 aromatic heterocycles. The van der Waals surface area contributed by atoms with Gasteiger partial charge in [0.05, 0.1) is 14.8 Å². The molecule has 0 spiro atoms. The number of hydrogen-bond acceptors (Lipinski definition) is 3. The quantitative estimate of drug-likeness (QED) is 0.885. The summed E-state index contributed by atoms with van der Waals surface area (Å²) >= 11 is 7.17. The molecule has 0 aromatic carbocycles. The Morgan fingerprint density at radius 2 is 2.44 bits per heavy atom. The van der Waals surface area contributed by atoms with Gasteiger partial charge in [0.25, 0.3) is 5.91 Å². The zero-order valence-corrected chi connectivity index (χ0v) is 10.8. The third-order valence-electron chi connectivity index (χ3n) is 3.22. The topological polar surface area (TPSA) is 46.3 Å². The Balaban J connectivity index is 2.22. The van der Waals surface area contributed by atoms with Gasteiger partial charge in [0, 0.05) is 13.1 Å². The molecule has 0 aliphatic carbocycles. The molecule has 1 aliphatic heterocycles. The molecule has 1 amide bonds. The van der Waals surface area contributed by atoms with E-state index in [1.807, 2.05) is 11.8 Å². The first kappa shape index (κ1) is 11.9. The fourth-order valence-corrected chi connectivity index (χ4v) is 3.14. The van der Waals surface area contributed by atoms with Crippen molar-refractivity contribution in [3.63, 3.8) is 0 Å². The minimum absolute atomic E-state index is 0.0577. The van der Waals surface area contributed by atoms with Crippen LogP contribution < -0.4 is 5.73 Å². The van der Waals surface area contributed by atoms with Gasteiger partial charge in [0.1, 0.15) is 0 Å². The van der Waals surface area contributed by atoms with E-state index >= 15 is 0 Å². The highest BCUT2D eigenvalue weighted by molar-refractivity contribution is 7.17. The number of thiophene rings is 1. The summed E-state index contributed by atoms with van der Waals surface area (Å²) in [6, 6.07) is 3.54. The second-order valence-electron chi connectivity index (χ2n) is 4.37. The summed E-state index contributed by atoms with van der Waals surface area (Å²) in [6.45, 7) is 3.35. The molecule has 0 bridgehead atoms. The summed E-state index contributed by atoms with van der Waals surface area (Å²) in [5, 5.41) is 0. The number of rotatable bonds is 2. The molecule has 1 aromatic rings. The Morgan fingerprint density at radius 1 is 1.69 bits per heavy atom. The lowest BCUT2D eigenvalue weighted by molar-refractivity contribution is 0.0642. The third-order valence-corrected chi connectivity index (χ3v) is 4.44. The molecule has 1 fully saturated rings. The number of amides is 1. The van der Waals surface area contributed by atoms with Gasteiger partial charge in [0.2, 0.25) is 0 Å². The van der Waals surface area contributed by atoms with Gasteiger partial charge in [0.15, 0.2) is 0 Å². The molecular weight excluding hydrogens is 244 g/mol. The van der Waals surface area contributed by atoms with Crippen LogP contribution in [0.1, 0.15) is 29.4 Å². The lowest BCUT2D eigenvalue weighted by Crippen LogP contribution is -2.49. The Labute approximate surface area is 104 Å². The van der Waals surface area contributed by atoms with Gasteiger partial charge in [-0.2, -0.15) is 0 Å². The number of hydrogen-bond donors (Lipinski definition) is 1. The maximum atomic E-state index is 12.3. The third kappa shape index (κ3) is 1.97. The van der Waals surface area contributed by atoms with Crippen molar-refractivity contribution < 1.29 is 4.79 Å². The summed E-state index contributed by atoms with van der Waals surface area (Å²) in [6.07, 6.45) is 2.01. The van der Waals surface area contributed by atoms with E-state index in [4.69, 9.17) is 17.3 Å². The molecule has 0 radical (unpaired) electrons. The fourth-order valence-electron chi connectivity index (χ4n) is 2.14. The highest BCUT2D eigenvalue weighted by Gasteiger charge is 2.39. The van der Waals surface area contributed by atoms with Gasteiger partial charge in [-0.05, 0) is 31.9 Å². The molecule has 1 atom stereocenters. The van der Waals surface area contributed by atoms with Crippen molar-refractivity contribution in [1.29, 1.82) is 0 Å². The molecule has 5 heteroatoms. The second-order valence-corrected chi connectivity index (χ2v) is 6.08. The largest absolute Gasteiger partial charge is 0.331 e. The molecule has 0 saturated carbocycles. The fraction of sp³-hybridized carbons (Fsp3) is 0.545. The average molecular weight is 259 g/mol. The predicted molar refractivity (Wildman–Crippen MR) is 67.1 cm³/mol. The van der Waals surface area contributed by atoms with Crippen LogP contribution in [0.4, 0.5) is 0 Å². The molecule has 3 nitrogen and oxygen atoms in total. The molecule has 16 heavy (non-hydrogen) atoms. The van der Waals surface area contributed by atoms with E-state index in [0.29, 0.717) is 15.8 Å². The van der Waals surface area contributed by atoms with E-state index in [9.17, 15) is 4.79 Å². The minimum Gasteiger partial charge on any atom is -0.331 e. The number of carbonyl (C=O) groups excluding carboxylic acids is 1.